The Labute approximate surface area is 167 Å². The van der Waals surface area contributed by atoms with Gasteiger partial charge in [0.1, 0.15) is 5.75 Å². The van der Waals surface area contributed by atoms with Crippen LogP contribution < -0.4 is 4.74 Å². The Morgan fingerprint density at radius 1 is 1.04 bits per heavy atom. The van der Waals surface area contributed by atoms with Crippen LogP contribution in [-0.4, -0.2) is 30.5 Å². The molecule has 1 saturated heterocycles. The normalized spacial score (nSPS) is 14.7. The number of thioether (sulfide) groups is 1. The van der Waals surface area contributed by atoms with Gasteiger partial charge in [-0.3, -0.25) is 4.79 Å². The summed E-state index contributed by atoms with van der Waals surface area (Å²) in [5.41, 5.74) is 3.13. The first kappa shape index (κ1) is 19.8. The Morgan fingerprint density at radius 2 is 1.74 bits per heavy atom. The molecule has 0 spiro atoms. The van der Waals surface area contributed by atoms with E-state index in [9.17, 15) is 4.79 Å². The van der Waals surface area contributed by atoms with Gasteiger partial charge in [0.05, 0.1) is 6.61 Å². The van der Waals surface area contributed by atoms with Crippen LogP contribution in [0, 0.1) is 6.92 Å². The topological polar surface area (TPSA) is 29.5 Å². The number of aryl methyl sites for hydroxylation is 1. The molecular weight excluding hydrogens is 354 g/mol. The molecule has 1 fully saturated rings. The fourth-order valence-corrected chi connectivity index (χ4v) is 4.25. The smallest absolute Gasteiger partial charge is 0.253 e. The molecule has 0 aliphatic carbocycles. The third-order valence-electron chi connectivity index (χ3n) is 4.92. The van der Waals surface area contributed by atoms with E-state index < -0.39 is 0 Å². The Balaban J connectivity index is 1.76. The standard InChI is InChI=1S/C23H29NO2S/c1-3-26-22-13-10-19(23(25)24-14-6-4-5-7-15-24)16-20(22)17-27-21-11-8-18(2)9-12-21/h8-13,16H,3-7,14-15,17H2,1-2H3. The van der Waals surface area contributed by atoms with Crippen LogP contribution in [-0.2, 0) is 5.75 Å². The quantitative estimate of drug-likeness (QED) is 0.599. The lowest BCUT2D eigenvalue weighted by molar-refractivity contribution is 0.0761. The van der Waals surface area contributed by atoms with Gasteiger partial charge in [0, 0.05) is 34.9 Å². The third-order valence-corrected chi connectivity index (χ3v) is 5.98. The molecule has 2 aromatic carbocycles. The van der Waals surface area contributed by atoms with Crippen molar-refractivity contribution in [3.05, 3.63) is 59.2 Å². The molecule has 2 aromatic rings. The predicted molar refractivity (Wildman–Crippen MR) is 113 cm³/mol. The first-order chi connectivity index (χ1) is 13.2. The predicted octanol–water partition coefficient (Wildman–Crippen LogP) is 5.70. The molecule has 0 radical (unpaired) electrons. The lowest BCUT2D eigenvalue weighted by Gasteiger charge is -2.21. The summed E-state index contributed by atoms with van der Waals surface area (Å²) in [7, 11) is 0. The average Bonchev–Trinajstić information content (AvgIpc) is 2.97. The van der Waals surface area contributed by atoms with E-state index in [4.69, 9.17) is 4.74 Å². The zero-order chi connectivity index (χ0) is 19.1. The fraction of sp³-hybridized carbons (Fsp3) is 0.435. The monoisotopic (exact) mass is 383 g/mol. The number of hydrogen-bond donors (Lipinski definition) is 0. The summed E-state index contributed by atoms with van der Waals surface area (Å²) in [5, 5.41) is 0. The van der Waals surface area contributed by atoms with Gasteiger partial charge in [-0.05, 0) is 57.0 Å². The minimum absolute atomic E-state index is 0.154. The maximum atomic E-state index is 13.0. The Kier molecular flexibility index (Phi) is 7.22. The van der Waals surface area contributed by atoms with Crippen molar-refractivity contribution in [1.82, 2.24) is 4.90 Å². The van der Waals surface area contributed by atoms with Crippen LogP contribution in [0.4, 0.5) is 0 Å². The number of carbonyl (C=O) groups is 1. The van der Waals surface area contributed by atoms with Crippen LogP contribution in [0.25, 0.3) is 0 Å². The highest BCUT2D eigenvalue weighted by atomic mass is 32.2. The molecule has 0 saturated carbocycles. The van der Waals surface area contributed by atoms with Gasteiger partial charge in [0.25, 0.3) is 5.91 Å². The van der Waals surface area contributed by atoms with Crippen LogP contribution in [0.1, 0.15) is 54.1 Å². The van der Waals surface area contributed by atoms with Gasteiger partial charge in [-0.1, -0.05) is 30.5 Å². The van der Waals surface area contributed by atoms with Gasteiger partial charge < -0.3 is 9.64 Å². The second-order valence-corrected chi connectivity index (χ2v) is 8.11. The number of benzene rings is 2. The van der Waals surface area contributed by atoms with Gasteiger partial charge in [-0.25, -0.2) is 0 Å². The van der Waals surface area contributed by atoms with Crippen molar-refractivity contribution in [3.63, 3.8) is 0 Å². The van der Waals surface area contributed by atoms with E-state index in [1.165, 1.54) is 23.3 Å². The molecular formula is C23H29NO2S. The molecule has 1 aliphatic rings. The number of ether oxygens (including phenoxy) is 1. The average molecular weight is 384 g/mol. The number of likely N-dealkylation sites (tertiary alicyclic amines) is 1. The second kappa shape index (κ2) is 9.84. The van der Waals surface area contributed by atoms with Crippen LogP contribution in [0.3, 0.4) is 0 Å². The summed E-state index contributed by atoms with van der Waals surface area (Å²) in [4.78, 5) is 16.2. The van der Waals surface area contributed by atoms with Gasteiger partial charge in [0.2, 0.25) is 0 Å². The maximum absolute atomic E-state index is 13.0. The molecule has 1 heterocycles. The van der Waals surface area contributed by atoms with Crippen molar-refractivity contribution in [1.29, 1.82) is 0 Å². The van der Waals surface area contributed by atoms with E-state index in [0.717, 1.165) is 48.6 Å². The molecule has 0 bridgehead atoms. The molecule has 1 amide bonds. The fourth-order valence-electron chi connectivity index (χ4n) is 3.37. The first-order valence-corrected chi connectivity index (χ1v) is 10.9. The van der Waals surface area contributed by atoms with Gasteiger partial charge >= 0.3 is 0 Å². The van der Waals surface area contributed by atoms with Gasteiger partial charge in [-0.2, -0.15) is 0 Å². The summed E-state index contributed by atoms with van der Waals surface area (Å²) in [6.45, 7) is 6.47. The van der Waals surface area contributed by atoms with Crippen molar-refractivity contribution in [2.45, 2.75) is 50.2 Å². The Morgan fingerprint density at radius 3 is 2.41 bits per heavy atom. The minimum Gasteiger partial charge on any atom is -0.494 e. The summed E-state index contributed by atoms with van der Waals surface area (Å²) < 4.78 is 5.81. The van der Waals surface area contributed by atoms with Crippen LogP contribution in [0.2, 0.25) is 0 Å². The molecule has 0 aromatic heterocycles. The van der Waals surface area contributed by atoms with Gasteiger partial charge in [-0.15, -0.1) is 11.8 Å². The van der Waals surface area contributed by atoms with Crippen molar-refractivity contribution in [2.24, 2.45) is 0 Å². The zero-order valence-electron chi connectivity index (χ0n) is 16.4. The molecule has 1 aliphatic heterocycles. The summed E-state index contributed by atoms with van der Waals surface area (Å²) in [6, 6.07) is 14.5. The minimum atomic E-state index is 0.154. The second-order valence-electron chi connectivity index (χ2n) is 7.06. The molecule has 4 heteroatoms. The molecule has 3 nitrogen and oxygen atoms in total. The summed E-state index contributed by atoms with van der Waals surface area (Å²) in [6.07, 6.45) is 4.68. The highest BCUT2D eigenvalue weighted by molar-refractivity contribution is 7.98. The number of hydrogen-bond acceptors (Lipinski definition) is 3. The van der Waals surface area contributed by atoms with E-state index in [1.54, 1.807) is 11.8 Å². The largest absolute Gasteiger partial charge is 0.494 e. The third kappa shape index (κ3) is 5.52. The highest BCUT2D eigenvalue weighted by Crippen LogP contribution is 2.30. The number of rotatable bonds is 6. The van der Waals surface area contributed by atoms with Gasteiger partial charge in [0.15, 0.2) is 0 Å². The van der Waals surface area contributed by atoms with Crippen LogP contribution >= 0.6 is 11.8 Å². The first-order valence-electron chi connectivity index (χ1n) is 9.92. The molecule has 0 N–H and O–H groups in total. The maximum Gasteiger partial charge on any atom is 0.253 e. The van der Waals surface area contributed by atoms with Crippen molar-refractivity contribution in [2.75, 3.05) is 19.7 Å². The SMILES string of the molecule is CCOc1ccc(C(=O)N2CCCCCC2)cc1CSc1ccc(C)cc1. The Bertz CT molecular complexity index is 749. The molecule has 27 heavy (non-hydrogen) atoms. The van der Waals surface area contributed by atoms with Crippen molar-refractivity contribution in [3.8, 4) is 5.75 Å². The summed E-state index contributed by atoms with van der Waals surface area (Å²) >= 11 is 1.78. The van der Waals surface area contributed by atoms with E-state index in [-0.39, 0.29) is 5.91 Å². The van der Waals surface area contributed by atoms with Crippen LogP contribution in [0.5, 0.6) is 5.75 Å². The number of carbonyl (C=O) groups excluding carboxylic acids is 1. The lowest BCUT2D eigenvalue weighted by atomic mass is 10.1. The Hall–Kier alpha value is -1.94. The number of nitrogens with zero attached hydrogens (tertiary/aromatic N) is 1. The molecule has 0 unspecified atom stereocenters. The zero-order valence-corrected chi connectivity index (χ0v) is 17.2. The van der Waals surface area contributed by atoms with Crippen molar-refractivity contribution >= 4 is 17.7 Å². The molecule has 0 atom stereocenters. The van der Waals surface area contributed by atoms with E-state index >= 15 is 0 Å². The molecule has 3 rings (SSSR count). The molecule has 144 valence electrons. The van der Waals surface area contributed by atoms with Crippen molar-refractivity contribution < 1.29 is 9.53 Å². The number of amides is 1. The van der Waals surface area contributed by atoms with E-state index in [0.29, 0.717) is 6.61 Å². The summed E-state index contributed by atoms with van der Waals surface area (Å²) in [5.74, 6) is 1.82. The van der Waals surface area contributed by atoms with E-state index in [2.05, 4.69) is 31.2 Å². The highest BCUT2D eigenvalue weighted by Gasteiger charge is 2.18. The van der Waals surface area contributed by atoms with Crippen LogP contribution in [0.15, 0.2) is 47.4 Å². The lowest BCUT2D eigenvalue weighted by Crippen LogP contribution is -2.31. The van der Waals surface area contributed by atoms with E-state index in [1.807, 2.05) is 30.0 Å².